The van der Waals surface area contributed by atoms with Crippen LogP contribution in [0.5, 0.6) is 0 Å². The standard InChI is InChI=1S/C15H20F4N6/c1-8(2)5-12-23-13(15(17,18)19)11-7-21-14(24-25(11)12)22-10-3-4-20-6-9(10)16/h7-10,20H,3-6H2,1-2H3,(H,22,24). The number of anilines is 1. The van der Waals surface area contributed by atoms with Crippen LogP contribution in [0.4, 0.5) is 23.5 Å². The van der Waals surface area contributed by atoms with Crippen molar-refractivity contribution in [1.82, 2.24) is 24.9 Å². The van der Waals surface area contributed by atoms with Crippen LogP contribution in [-0.4, -0.2) is 44.9 Å². The van der Waals surface area contributed by atoms with Gasteiger partial charge < -0.3 is 10.6 Å². The van der Waals surface area contributed by atoms with Gasteiger partial charge in [0.15, 0.2) is 5.69 Å². The minimum atomic E-state index is -4.59. The molecule has 2 aromatic rings. The molecule has 2 aromatic heterocycles. The van der Waals surface area contributed by atoms with E-state index in [9.17, 15) is 17.6 Å². The van der Waals surface area contributed by atoms with Gasteiger partial charge in [0.2, 0.25) is 5.95 Å². The molecule has 0 bridgehead atoms. The fourth-order valence-electron chi connectivity index (χ4n) is 2.86. The zero-order chi connectivity index (χ0) is 18.2. The van der Waals surface area contributed by atoms with Gasteiger partial charge in [-0.25, -0.2) is 18.9 Å². The Kier molecular flexibility index (Phi) is 4.81. The van der Waals surface area contributed by atoms with Crippen LogP contribution in [0.2, 0.25) is 0 Å². The van der Waals surface area contributed by atoms with Crippen LogP contribution in [0, 0.1) is 5.92 Å². The monoisotopic (exact) mass is 360 g/mol. The van der Waals surface area contributed by atoms with Crippen LogP contribution in [0.25, 0.3) is 5.52 Å². The van der Waals surface area contributed by atoms with Gasteiger partial charge in [0.1, 0.15) is 17.5 Å². The van der Waals surface area contributed by atoms with Crippen molar-refractivity contribution in [2.75, 3.05) is 18.4 Å². The quantitative estimate of drug-likeness (QED) is 0.820. The molecule has 2 atom stereocenters. The van der Waals surface area contributed by atoms with Gasteiger partial charge in [-0.15, -0.1) is 5.10 Å². The maximum absolute atomic E-state index is 13.9. The fraction of sp³-hybridized carbons (Fsp3) is 0.667. The first-order chi connectivity index (χ1) is 11.8. The number of halogens is 4. The first-order valence-corrected chi connectivity index (χ1v) is 8.19. The van der Waals surface area contributed by atoms with Gasteiger partial charge in [0.05, 0.1) is 12.2 Å². The minimum Gasteiger partial charge on any atom is -0.347 e. The van der Waals surface area contributed by atoms with E-state index in [-0.39, 0.29) is 29.8 Å². The van der Waals surface area contributed by atoms with Gasteiger partial charge in [0.25, 0.3) is 0 Å². The van der Waals surface area contributed by atoms with Crippen molar-refractivity contribution >= 4 is 11.5 Å². The third-order valence-electron chi connectivity index (χ3n) is 4.04. The summed E-state index contributed by atoms with van der Waals surface area (Å²) in [7, 11) is 0. The van der Waals surface area contributed by atoms with Crippen molar-refractivity contribution in [1.29, 1.82) is 0 Å². The Labute approximate surface area is 142 Å². The summed E-state index contributed by atoms with van der Waals surface area (Å²) >= 11 is 0. The third kappa shape index (κ3) is 3.83. The Bertz CT molecular complexity index is 741. The number of fused-ring (bicyclic) bond motifs is 1. The van der Waals surface area contributed by atoms with Crippen molar-refractivity contribution in [3.63, 3.8) is 0 Å². The summed E-state index contributed by atoms with van der Waals surface area (Å²) in [5.41, 5.74) is -1.20. The zero-order valence-electron chi connectivity index (χ0n) is 13.9. The van der Waals surface area contributed by atoms with Crippen molar-refractivity contribution in [2.24, 2.45) is 5.92 Å². The smallest absolute Gasteiger partial charge is 0.347 e. The summed E-state index contributed by atoms with van der Waals surface area (Å²) in [6, 6.07) is -0.474. The molecule has 0 radical (unpaired) electrons. The molecule has 10 heteroatoms. The number of rotatable bonds is 4. The van der Waals surface area contributed by atoms with Crippen molar-refractivity contribution in [3.05, 3.63) is 17.7 Å². The SMILES string of the molecule is CC(C)Cc1nc(C(F)(F)F)c2cnc(NC3CCNCC3F)nn12. The molecule has 1 aliphatic heterocycles. The number of aromatic nitrogens is 4. The molecule has 0 aromatic carbocycles. The number of hydrogen-bond acceptors (Lipinski definition) is 5. The second-order valence-corrected chi connectivity index (χ2v) is 6.61. The van der Waals surface area contributed by atoms with E-state index in [1.54, 1.807) is 0 Å². The molecular formula is C15H20F4N6. The fourth-order valence-corrected chi connectivity index (χ4v) is 2.86. The number of imidazole rings is 1. The van der Waals surface area contributed by atoms with Crippen LogP contribution in [0.15, 0.2) is 6.20 Å². The molecule has 0 spiro atoms. The van der Waals surface area contributed by atoms with Gasteiger partial charge in [-0.2, -0.15) is 13.2 Å². The first-order valence-electron chi connectivity index (χ1n) is 8.19. The maximum Gasteiger partial charge on any atom is 0.435 e. The number of piperidine rings is 1. The average Bonchev–Trinajstić information content (AvgIpc) is 2.87. The molecule has 6 nitrogen and oxygen atoms in total. The van der Waals surface area contributed by atoms with E-state index in [0.29, 0.717) is 19.4 Å². The summed E-state index contributed by atoms with van der Waals surface area (Å²) in [6.45, 7) is 4.65. The Morgan fingerprint density at radius 2 is 2.16 bits per heavy atom. The highest BCUT2D eigenvalue weighted by Gasteiger charge is 2.37. The minimum absolute atomic E-state index is 0.0955. The molecule has 2 N–H and O–H groups in total. The highest BCUT2D eigenvalue weighted by atomic mass is 19.4. The van der Waals surface area contributed by atoms with Crippen LogP contribution < -0.4 is 10.6 Å². The van der Waals surface area contributed by atoms with E-state index in [2.05, 4.69) is 25.7 Å². The van der Waals surface area contributed by atoms with Crippen molar-refractivity contribution < 1.29 is 17.6 Å². The Balaban J connectivity index is 1.97. The molecule has 1 fully saturated rings. The van der Waals surface area contributed by atoms with Crippen molar-refractivity contribution in [3.8, 4) is 0 Å². The second-order valence-electron chi connectivity index (χ2n) is 6.61. The van der Waals surface area contributed by atoms with Crippen LogP contribution in [0.3, 0.4) is 0 Å². The highest BCUT2D eigenvalue weighted by molar-refractivity contribution is 5.53. The van der Waals surface area contributed by atoms with Crippen LogP contribution in [0.1, 0.15) is 31.8 Å². The normalized spacial score (nSPS) is 21.9. The molecule has 1 saturated heterocycles. The lowest BCUT2D eigenvalue weighted by atomic mass is 10.1. The maximum atomic E-state index is 13.9. The topological polar surface area (TPSA) is 67.1 Å². The molecular weight excluding hydrogens is 340 g/mol. The van der Waals surface area contributed by atoms with Gasteiger partial charge in [-0.1, -0.05) is 13.8 Å². The number of alkyl halides is 4. The Morgan fingerprint density at radius 1 is 1.40 bits per heavy atom. The van der Waals surface area contributed by atoms with E-state index >= 15 is 0 Å². The van der Waals surface area contributed by atoms with E-state index in [0.717, 1.165) is 10.7 Å². The number of nitrogens with one attached hydrogen (secondary N) is 2. The number of hydrogen-bond donors (Lipinski definition) is 2. The second kappa shape index (κ2) is 6.74. The molecule has 0 amide bonds. The Hall–Kier alpha value is -1.97. The summed E-state index contributed by atoms with van der Waals surface area (Å²) in [6.07, 6.45) is -3.73. The predicted octanol–water partition coefficient (Wildman–Crippen LogP) is 2.45. The molecule has 25 heavy (non-hydrogen) atoms. The average molecular weight is 360 g/mol. The first kappa shape index (κ1) is 17.8. The zero-order valence-corrected chi connectivity index (χ0v) is 13.9. The van der Waals surface area contributed by atoms with Gasteiger partial charge in [-0.3, -0.25) is 0 Å². The van der Waals surface area contributed by atoms with Gasteiger partial charge >= 0.3 is 6.18 Å². The molecule has 3 rings (SSSR count). The molecule has 0 aliphatic carbocycles. The molecule has 3 heterocycles. The molecule has 0 saturated carbocycles. The van der Waals surface area contributed by atoms with E-state index in [1.165, 1.54) is 0 Å². The lowest BCUT2D eigenvalue weighted by Gasteiger charge is -2.27. The largest absolute Gasteiger partial charge is 0.435 e. The van der Waals surface area contributed by atoms with E-state index in [4.69, 9.17) is 0 Å². The van der Waals surface area contributed by atoms with Gasteiger partial charge in [0, 0.05) is 13.0 Å². The molecule has 2 unspecified atom stereocenters. The van der Waals surface area contributed by atoms with E-state index < -0.39 is 24.1 Å². The Morgan fingerprint density at radius 3 is 2.80 bits per heavy atom. The van der Waals surface area contributed by atoms with Crippen molar-refractivity contribution in [2.45, 2.75) is 45.1 Å². The lowest BCUT2D eigenvalue weighted by Crippen LogP contribution is -2.45. The predicted molar refractivity (Wildman–Crippen MR) is 84.1 cm³/mol. The molecule has 1 aliphatic rings. The number of nitrogens with zero attached hydrogens (tertiary/aromatic N) is 4. The lowest BCUT2D eigenvalue weighted by molar-refractivity contribution is -0.139. The third-order valence-corrected chi connectivity index (χ3v) is 4.04. The summed E-state index contributed by atoms with van der Waals surface area (Å²) < 4.78 is 54.6. The summed E-state index contributed by atoms with van der Waals surface area (Å²) in [5.74, 6) is 0.417. The van der Waals surface area contributed by atoms with Gasteiger partial charge in [-0.05, 0) is 18.9 Å². The van der Waals surface area contributed by atoms with Crippen LogP contribution in [-0.2, 0) is 12.6 Å². The summed E-state index contributed by atoms with van der Waals surface area (Å²) in [5, 5.41) is 9.95. The van der Waals surface area contributed by atoms with Crippen LogP contribution >= 0.6 is 0 Å². The summed E-state index contributed by atoms with van der Waals surface area (Å²) in [4.78, 5) is 7.66. The highest BCUT2D eigenvalue weighted by Crippen LogP contribution is 2.32. The van der Waals surface area contributed by atoms with E-state index in [1.807, 2.05) is 13.8 Å². The molecule has 138 valence electrons.